The van der Waals surface area contributed by atoms with Crippen molar-refractivity contribution in [2.75, 3.05) is 25.9 Å². The minimum atomic E-state index is -0.245. The number of carbonyl (C=O) groups is 1. The Balaban J connectivity index is 1.76. The molecule has 25 heavy (non-hydrogen) atoms. The van der Waals surface area contributed by atoms with E-state index < -0.39 is 0 Å². The Labute approximate surface area is 148 Å². The van der Waals surface area contributed by atoms with Crippen LogP contribution in [0.2, 0.25) is 0 Å². The van der Waals surface area contributed by atoms with Crippen LogP contribution in [0.3, 0.4) is 0 Å². The van der Waals surface area contributed by atoms with Gasteiger partial charge < -0.3 is 20.7 Å². The van der Waals surface area contributed by atoms with Gasteiger partial charge in [0.05, 0.1) is 13.2 Å². The molecule has 132 valence electrons. The highest BCUT2D eigenvalue weighted by Gasteiger charge is 2.26. The predicted octanol–water partition coefficient (Wildman–Crippen LogP) is 3.18. The van der Waals surface area contributed by atoms with Crippen molar-refractivity contribution in [3.05, 3.63) is 65.7 Å². The molecule has 2 aromatic carbocycles. The second-order valence-electron chi connectivity index (χ2n) is 6.37. The van der Waals surface area contributed by atoms with E-state index in [9.17, 15) is 4.79 Å². The van der Waals surface area contributed by atoms with Gasteiger partial charge in [-0.1, -0.05) is 48.5 Å². The standard InChI is InChI=1S/C20H25N3O2/c1-25-20(24)23-13-11-16(12-14-23)22-19(15-7-3-2-4-8-15)17-9-5-6-10-18(17)21/h2-10,16,19,22H,11-14,21H2,1H3. The Bertz CT molecular complexity index is 697. The van der Waals surface area contributed by atoms with Crippen LogP contribution in [0.5, 0.6) is 0 Å². The average Bonchev–Trinajstić information content (AvgIpc) is 2.67. The molecule has 0 spiro atoms. The number of likely N-dealkylation sites (tertiary alicyclic amines) is 1. The number of piperidine rings is 1. The monoisotopic (exact) mass is 339 g/mol. The molecule has 1 unspecified atom stereocenters. The van der Waals surface area contributed by atoms with E-state index in [0.29, 0.717) is 19.1 Å². The molecule has 1 aliphatic rings. The summed E-state index contributed by atoms with van der Waals surface area (Å²) in [6.45, 7) is 1.41. The average molecular weight is 339 g/mol. The van der Waals surface area contributed by atoms with Crippen LogP contribution in [0.1, 0.15) is 30.0 Å². The number of nitrogens with one attached hydrogen (secondary N) is 1. The maximum absolute atomic E-state index is 11.7. The summed E-state index contributed by atoms with van der Waals surface area (Å²) in [6.07, 6.45) is 1.54. The first kappa shape index (κ1) is 17.3. The van der Waals surface area contributed by atoms with Gasteiger partial charge >= 0.3 is 6.09 Å². The second kappa shape index (κ2) is 8.03. The molecule has 5 heteroatoms. The molecule has 1 amide bonds. The summed E-state index contributed by atoms with van der Waals surface area (Å²) in [5.74, 6) is 0. The number of nitrogens with two attached hydrogens (primary N) is 1. The maximum Gasteiger partial charge on any atom is 0.409 e. The van der Waals surface area contributed by atoms with Crippen molar-refractivity contribution < 1.29 is 9.53 Å². The van der Waals surface area contributed by atoms with Crippen molar-refractivity contribution in [3.8, 4) is 0 Å². The van der Waals surface area contributed by atoms with Gasteiger partial charge in [-0.15, -0.1) is 0 Å². The van der Waals surface area contributed by atoms with Crippen molar-refractivity contribution in [3.63, 3.8) is 0 Å². The summed E-state index contributed by atoms with van der Waals surface area (Å²) >= 11 is 0. The van der Waals surface area contributed by atoms with Crippen molar-refractivity contribution in [2.24, 2.45) is 0 Å². The molecule has 0 bridgehead atoms. The zero-order valence-corrected chi connectivity index (χ0v) is 14.5. The molecular weight excluding hydrogens is 314 g/mol. The molecule has 0 radical (unpaired) electrons. The number of benzene rings is 2. The first-order chi connectivity index (χ1) is 12.2. The third-order valence-electron chi connectivity index (χ3n) is 4.77. The highest BCUT2D eigenvalue weighted by Crippen LogP contribution is 2.28. The summed E-state index contributed by atoms with van der Waals surface area (Å²) in [4.78, 5) is 13.4. The molecule has 0 aliphatic carbocycles. The summed E-state index contributed by atoms with van der Waals surface area (Å²) < 4.78 is 4.81. The van der Waals surface area contributed by atoms with Gasteiger partial charge in [-0.25, -0.2) is 4.79 Å². The van der Waals surface area contributed by atoms with Gasteiger partial charge in [-0.3, -0.25) is 0 Å². The summed E-state index contributed by atoms with van der Waals surface area (Å²) in [5, 5.41) is 3.75. The fourth-order valence-electron chi connectivity index (χ4n) is 3.38. The van der Waals surface area contributed by atoms with Gasteiger partial charge in [-0.2, -0.15) is 0 Å². The highest BCUT2D eigenvalue weighted by atomic mass is 16.5. The molecule has 1 aliphatic heterocycles. The molecule has 1 atom stereocenters. The quantitative estimate of drug-likeness (QED) is 0.840. The van der Waals surface area contributed by atoms with Gasteiger partial charge in [-0.05, 0) is 30.0 Å². The first-order valence-electron chi connectivity index (χ1n) is 8.67. The second-order valence-corrected chi connectivity index (χ2v) is 6.37. The van der Waals surface area contributed by atoms with Crippen LogP contribution in [0.25, 0.3) is 0 Å². The van der Waals surface area contributed by atoms with Gasteiger partial charge in [0.1, 0.15) is 0 Å². The normalized spacial score (nSPS) is 16.4. The molecule has 5 nitrogen and oxygen atoms in total. The molecule has 1 fully saturated rings. The number of hydrogen-bond donors (Lipinski definition) is 2. The number of rotatable bonds is 4. The van der Waals surface area contributed by atoms with Gasteiger partial charge in [0.2, 0.25) is 0 Å². The number of nitrogens with zero attached hydrogens (tertiary/aromatic N) is 1. The molecule has 3 N–H and O–H groups in total. The van der Waals surface area contributed by atoms with Crippen LogP contribution < -0.4 is 11.1 Å². The Morgan fingerprint density at radius 1 is 1.12 bits per heavy atom. The summed E-state index contributed by atoms with van der Waals surface area (Å²) in [7, 11) is 1.43. The molecular formula is C20H25N3O2. The summed E-state index contributed by atoms with van der Waals surface area (Å²) in [6, 6.07) is 18.7. The Kier molecular flexibility index (Phi) is 5.56. The molecule has 0 aromatic heterocycles. The van der Waals surface area contributed by atoms with Crippen LogP contribution in [-0.4, -0.2) is 37.2 Å². The van der Waals surface area contributed by atoms with Crippen molar-refractivity contribution in [1.29, 1.82) is 0 Å². The Hall–Kier alpha value is -2.53. The lowest BCUT2D eigenvalue weighted by atomic mass is 9.94. The zero-order chi connectivity index (χ0) is 17.6. The third-order valence-corrected chi connectivity index (χ3v) is 4.77. The first-order valence-corrected chi connectivity index (χ1v) is 8.67. The van der Waals surface area contributed by atoms with E-state index in [-0.39, 0.29) is 12.1 Å². The molecule has 0 saturated carbocycles. The number of anilines is 1. The van der Waals surface area contributed by atoms with E-state index in [4.69, 9.17) is 10.5 Å². The van der Waals surface area contributed by atoms with Crippen LogP contribution >= 0.6 is 0 Å². The Morgan fingerprint density at radius 2 is 1.76 bits per heavy atom. The van der Waals surface area contributed by atoms with Crippen molar-refractivity contribution in [2.45, 2.75) is 24.9 Å². The summed E-state index contributed by atoms with van der Waals surface area (Å²) in [5.41, 5.74) is 9.30. The van der Waals surface area contributed by atoms with E-state index in [1.54, 1.807) is 4.90 Å². The maximum atomic E-state index is 11.7. The van der Waals surface area contributed by atoms with Gasteiger partial charge in [0, 0.05) is 24.8 Å². The van der Waals surface area contributed by atoms with E-state index in [1.807, 2.05) is 36.4 Å². The number of nitrogen functional groups attached to an aromatic ring is 1. The van der Waals surface area contributed by atoms with Crippen molar-refractivity contribution in [1.82, 2.24) is 10.2 Å². The fraction of sp³-hybridized carbons (Fsp3) is 0.350. The third kappa shape index (κ3) is 4.12. The smallest absolute Gasteiger partial charge is 0.409 e. The Morgan fingerprint density at radius 3 is 2.40 bits per heavy atom. The lowest BCUT2D eigenvalue weighted by Crippen LogP contribution is -2.46. The predicted molar refractivity (Wildman–Crippen MR) is 99.3 cm³/mol. The topological polar surface area (TPSA) is 67.6 Å². The largest absolute Gasteiger partial charge is 0.453 e. The SMILES string of the molecule is COC(=O)N1CCC(NC(c2ccccc2)c2ccccc2N)CC1. The fourth-order valence-corrected chi connectivity index (χ4v) is 3.38. The lowest BCUT2D eigenvalue weighted by molar-refractivity contribution is 0.109. The highest BCUT2D eigenvalue weighted by molar-refractivity contribution is 5.67. The molecule has 3 rings (SSSR count). The number of methoxy groups -OCH3 is 1. The van der Waals surface area contributed by atoms with E-state index in [1.165, 1.54) is 12.7 Å². The zero-order valence-electron chi connectivity index (χ0n) is 14.5. The minimum Gasteiger partial charge on any atom is -0.453 e. The number of amides is 1. The van der Waals surface area contributed by atoms with Gasteiger partial charge in [0.25, 0.3) is 0 Å². The minimum absolute atomic E-state index is 0.0390. The van der Waals surface area contributed by atoms with E-state index in [2.05, 4.69) is 23.5 Å². The number of para-hydroxylation sites is 1. The number of ether oxygens (including phenoxy) is 1. The lowest BCUT2D eigenvalue weighted by Gasteiger charge is -2.34. The van der Waals surface area contributed by atoms with E-state index in [0.717, 1.165) is 24.1 Å². The molecule has 1 heterocycles. The van der Waals surface area contributed by atoms with Gasteiger partial charge in [0.15, 0.2) is 0 Å². The molecule has 1 saturated heterocycles. The van der Waals surface area contributed by atoms with Crippen LogP contribution in [-0.2, 0) is 4.74 Å². The van der Waals surface area contributed by atoms with Crippen LogP contribution in [0.4, 0.5) is 10.5 Å². The van der Waals surface area contributed by atoms with Crippen LogP contribution in [0, 0.1) is 0 Å². The van der Waals surface area contributed by atoms with Crippen LogP contribution in [0.15, 0.2) is 54.6 Å². The molecule has 2 aromatic rings. The van der Waals surface area contributed by atoms with E-state index >= 15 is 0 Å². The van der Waals surface area contributed by atoms with Crippen molar-refractivity contribution >= 4 is 11.8 Å². The number of hydrogen-bond acceptors (Lipinski definition) is 4. The number of carbonyl (C=O) groups excluding carboxylic acids is 1.